The quantitative estimate of drug-likeness (QED) is 0.686. The highest BCUT2D eigenvalue weighted by molar-refractivity contribution is 5.78. The van der Waals surface area contributed by atoms with Gasteiger partial charge in [0, 0.05) is 19.5 Å². The third-order valence-corrected chi connectivity index (χ3v) is 2.89. The highest BCUT2D eigenvalue weighted by Crippen LogP contribution is 2.27. The molecule has 0 aromatic heterocycles. The minimum atomic E-state index is -0.757. The van der Waals surface area contributed by atoms with Crippen LogP contribution in [-0.4, -0.2) is 30.6 Å². The van der Waals surface area contributed by atoms with Crippen LogP contribution >= 0.6 is 0 Å². The third kappa shape index (κ3) is 2.96. The summed E-state index contributed by atoms with van der Waals surface area (Å²) in [5.74, 6) is 0.0736. The molecule has 1 saturated carbocycles. The van der Waals surface area contributed by atoms with Crippen LogP contribution in [0.5, 0.6) is 0 Å². The highest BCUT2D eigenvalue weighted by Gasteiger charge is 2.28. The van der Waals surface area contributed by atoms with E-state index in [2.05, 4.69) is 0 Å². The van der Waals surface area contributed by atoms with Gasteiger partial charge in [-0.1, -0.05) is 6.92 Å². The molecule has 0 aliphatic heterocycles. The zero-order chi connectivity index (χ0) is 10.6. The summed E-state index contributed by atoms with van der Waals surface area (Å²) in [5, 5.41) is 0. The fourth-order valence-corrected chi connectivity index (χ4v) is 2.11. The number of alkyl halides is 1. The first kappa shape index (κ1) is 11.5. The summed E-state index contributed by atoms with van der Waals surface area (Å²) in [6.45, 7) is 2.83. The lowest BCUT2D eigenvalue weighted by Crippen LogP contribution is -2.36. The molecule has 3 heteroatoms. The van der Waals surface area contributed by atoms with Crippen molar-refractivity contribution in [2.24, 2.45) is 5.92 Å². The van der Waals surface area contributed by atoms with E-state index in [-0.39, 0.29) is 11.8 Å². The lowest BCUT2D eigenvalue weighted by molar-refractivity contribution is -0.135. The summed E-state index contributed by atoms with van der Waals surface area (Å²) in [6, 6.07) is 0. The van der Waals surface area contributed by atoms with E-state index in [0.717, 1.165) is 25.8 Å². The van der Waals surface area contributed by atoms with Gasteiger partial charge in [0.05, 0.1) is 0 Å². The Morgan fingerprint density at radius 2 is 2.21 bits per heavy atom. The van der Waals surface area contributed by atoms with Crippen LogP contribution in [0.1, 0.15) is 39.0 Å². The van der Waals surface area contributed by atoms with Crippen LogP contribution in [0.25, 0.3) is 0 Å². The molecule has 1 aliphatic rings. The molecule has 14 heavy (non-hydrogen) atoms. The Hall–Kier alpha value is -0.600. The minimum absolute atomic E-state index is 0.0599. The molecule has 2 nitrogen and oxygen atoms in total. The zero-order valence-corrected chi connectivity index (χ0v) is 9.13. The average Bonchev–Trinajstić information content (AvgIpc) is 2.17. The number of hydrogen-bond acceptors (Lipinski definition) is 1. The third-order valence-electron chi connectivity index (χ3n) is 2.89. The van der Waals surface area contributed by atoms with Crippen molar-refractivity contribution in [2.75, 3.05) is 13.6 Å². The summed E-state index contributed by atoms with van der Waals surface area (Å²) in [7, 11) is 1.81. The molecule has 0 N–H and O–H groups in total. The van der Waals surface area contributed by atoms with Crippen molar-refractivity contribution in [1.82, 2.24) is 4.90 Å². The maximum absolute atomic E-state index is 13.1. The fraction of sp³-hybridized carbons (Fsp3) is 0.909. The van der Waals surface area contributed by atoms with Crippen LogP contribution in [0, 0.1) is 5.92 Å². The van der Waals surface area contributed by atoms with Crippen molar-refractivity contribution in [3.63, 3.8) is 0 Å². The van der Waals surface area contributed by atoms with Crippen molar-refractivity contribution < 1.29 is 9.18 Å². The first-order valence-electron chi connectivity index (χ1n) is 5.54. The Bertz CT molecular complexity index is 196. The van der Waals surface area contributed by atoms with Gasteiger partial charge in [0.15, 0.2) is 0 Å². The molecular weight excluding hydrogens is 181 g/mol. The molecule has 1 aliphatic carbocycles. The Kier molecular flexibility index (Phi) is 4.36. The first-order valence-corrected chi connectivity index (χ1v) is 5.54. The molecule has 0 unspecified atom stereocenters. The lowest BCUT2D eigenvalue weighted by atomic mass is 9.87. The molecule has 0 aromatic carbocycles. The molecule has 1 rings (SSSR count). The summed E-state index contributed by atoms with van der Waals surface area (Å²) < 4.78 is 13.1. The second kappa shape index (κ2) is 5.32. The molecule has 0 heterocycles. The number of carbonyl (C=O) groups excluding carboxylic acids is 1. The van der Waals surface area contributed by atoms with E-state index in [1.54, 1.807) is 4.90 Å². The molecule has 0 bridgehead atoms. The summed E-state index contributed by atoms with van der Waals surface area (Å²) in [4.78, 5) is 13.5. The van der Waals surface area contributed by atoms with E-state index in [9.17, 15) is 9.18 Å². The predicted octanol–water partition coefficient (Wildman–Crippen LogP) is 2.38. The minimum Gasteiger partial charge on any atom is -0.346 e. The molecule has 0 aromatic rings. The number of carbonyl (C=O) groups is 1. The standard InChI is InChI=1S/C11H20FNO/c1-3-7-13(2)11(14)9-5-4-6-10(12)8-9/h9-10H,3-8H2,1-2H3/t9-,10+/m0/s1. The van der Waals surface area contributed by atoms with Crippen LogP contribution in [-0.2, 0) is 4.79 Å². The topological polar surface area (TPSA) is 20.3 Å². The van der Waals surface area contributed by atoms with E-state index < -0.39 is 6.17 Å². The normalized spacial score (nSPS) is 27.4. The second-order valence-electron chi connectivity index (χ2n) is 4.22. The highest BCUT2D eigenvalue weighted by atomic mass is 19.1. The SMILES string of the molecule is CCCN(C)C(=O)[C@H]1CCC[C@@H](F)C1. The fourth-order valence-electron chi connectivity index (χ4n) is 2.11. The molecule has 0 spiro atoms. The van der Waals surface area contributed by atoms with Gasteiger partial charge in [0.2, 0.25) is 5.91 Å². The van der Waals surface area contributed by atoms with Gasteiger partial charge in [0.1, 0.15) is 6.17 Å². The van der Waals surface area contributed by atoms with E-state index >= 15 is 0 Å². The van der Waals surface area contributed by atoms with Crippen molar-refractivity contribution >= 4 is 5.91 Å². The van der Waals surface area contributed by atoms with Crippen LogP contribution in [0.2, 0.25) is 0 Å². The molecule has 0 radical (unpaired) electrons. The van der Waals surface area contributed by atoms with Gasteiger partial charge in [-0.15, -0.1) is 0 Å². The van der Waals surface area contributed by atoms with E-state index in [4.69, 9.17) is 0 Å². The maximum Gasteiger partial charge on any atom is 0.225 e. The summed E-state index contributed by atoms with van der Waals surface area (Å²) in [5.41, 5.74) is 0. The Balaban J connectivity index is 2.42. The van der Waals surface area contributed by atoms with Gasteiger partial charge in [0.25, 0.3) is 0 Å². The number of halogens is 1. The van der Waals surface area contributed by atoms with Gasteiger partial charge in [-0.3, -0.25) is 4.79 Å². The summed E-state index contributed by atoms with van der Waals surface area (Å²) in [6.07, 6.45) is 3.01. The largest absolute Gasteiger partial charge is 0.346 e. The van der Waals surface area contributed by atoms with Crippen molar-refractivity contribution in [3.05, 3.63) is 0 Å². The molecule has 0 saturated heterocycles. The molecule has 1 fully saturated rings. The first-order chi connectivity index (χ1) is 6.65. The van der Waals surface area contributed by atoms with E-state index in [0.29, 0.717) is 12.8 Å². The Morgan fingerprint density at radius 3 is 2.79 bits per heavy atom. The van der Waals surface area contributed by atoms with Gasteiger partial charge in [-0.25, -0.2) is 4.39 Å². The Morgan fingerprint density at radius 1 is 1.50 bits per heavy atom. The second-order valence-corrected chi connectivity index (χ2v) is 4.22. The predicted molar refractivity (Wildman–Crippen MR) is 54.8 cm³/mol. The van der Waals surface area contributed by atoms with Gasteiger partial charge in [-0.2, -0.15) is 0 Å². The van der Waals surface area contributed by atoms with Gasteiger partial charge >= 0.3 is 0 Å². The lowest BCUT2D eigenvalue weighted by Gasteiger charge is -2.27. The van der Waals surface area contributed by atoms with E-state index in [1.807, 2.05) is 14.0 Å². The average molecular weight is 201 g/mol. The summed E-state index contributed by atoms with van der Waals surface area (Å²) >= 11 is 0. The van der Waals surface area contributed by atoms with Gasteiger partial charge in [-0.05, 0) is 32.1 Å². The number of nitrogens with zero attached hydrogens (tertiary/aromatic N) is 1. The van der Waals surface area contributed by atoms with Crippen LogP contribution < -0.4 is 0 Å². The molecular formula is C11H20FNO. The van der Waals surface area contributed by atoms with Crippen LogP contribution in [0.3, 0.4) is 0 Å². The van der Waals surface area contributed by atoms with Crippen molar-refractivity contribution in [2.45, 2.75) is 45.2 Å². The monoisotopic (exact) mass is 201 g/mol. The molecule has 1 amide bonds. The molecule has 2 atom stereocenters. The maximum atomic E-state index is 13.1. The molecule has 82 valence electrons. The number of rotatable bonds is 3. The van der Waals surface area contributed by atoms with Gasteiger partial charge < -0.3 is 4.90 Å². The number of amides is 1. The van der Waals surface area contributed by atoms with Crippen molar-refractivity contribution in [1.29, 1.82) is 0 Å². The smallest absolute Gasteiger partial charge is 0.225 e. The van der Waals surface area contributed by atoms with E-state index in [1.165, 1.54) is 0 Å². The number of hydrogen-bond donors (Lipinski definition) is 0. The van der Waals surface area contributed by atoms with Crippen molar-refractivity contribution in [3.8, 4) is 0 Å². The van der Waals surface area contributed by atoms with Crippen LogP contribution in [0.15, 0.2) is 0 Å². The van der Waals surface area contributed by atoms with Crippen LogP contribution in [0.4, 0.5) is 4.39 Å². The Labute approximate surface area is 85.5 Å². The zero-order valence-electron chi connectivity index (χ0n) is 9.13.